The van der Waals surface area contributed by atoms with Crippen LogP contribution >= 0.6 is 11.8 Å². The van der Waals surface area contributed by atoms with Crippen LogP contribution in [0.1, 0.15) is 19.4 Å². The van der Waals surface area contributed by atoms with E-state index in [1.54, 1.807) is 43.7 Å². The van der Waals surface area contributed by atoms with E-state index >= 15 is 0 Å². The zero-order valence-corrected chi connectivity index (χ0v) is 18.4. The predicted octanol–water partition coefficient (Wildman–Crippen LogP) is 2.78. The number of aromatic nitrogens is 2. The van der Waals surface area contributed by atoms with Gasteiger partial charge in [0.05, 0.1) is 29.8 Å². The van der Waals surface area contributed by atoms with E-state index in [2.05, 4.69) is 15.6 Å². The fourth-order valence-corrected chi connectivity index (χ4v) is 3.83. The summed E-state index contributed by atoms with van der Waals surface area (Å²) in [5.41, 5.74) is 1.25. The summed E-state index contributed by atoms with van der Waals surface area (Å²) in [5.74, 6) is 0.257. The molecule has 0 aliphatic heterocycles. The Hall–Kier alpha value is -3.33. The smallest absolute Gasteiger partial charge is 0.321 e. The Morgan fingerprint density at radius 3 is 2.55 bits per heavy atom. The number of nitrogens with one attached hydrogen (secondary N) is 2. The molecule has 0 saturated heterocycles. The van der Waals surface area contributed by atoms with Gasteiger partial charge in [0, 0.05) is 6.54 Å². The lowest BCUT2D eigenvalue weighted by Gasteiger charge is -2.16. The maximum atomic E-state index is 13.2. The van der Waals surface area contributed by atoms with E-state index < -0.39 is 17.2 Å². The number of amides is 3. The first-order valence-corrected chi connectivity index (χ1v) is 10.7. The van der Waals surface area contributed by atoms with Gasteiger partial charge in [0.25, 0.3) is 5.56 Å². The second kappa shape index (κ2) is 10.1. The molecular weight excluding hydrogens is 416 g/mol. The van der Waals surface area contributed by atoms with Gasteiger partial charge in [0.2, 0.25) is 5.91 Å². The van der Waals surface area contributed by atoms with Crippen molar-refractivity contribution in [1.29, 1.82) is 0 Å². The Kier molecular flexibility index (Phi) is 7.30. The second-order valence-corrected chi connectivity index (χ2v) is 8.07. The van der Waals surface area contributed by atoms with Crippen molar-refractivity contribution in [1.82, 2.24) is 20.2 Å². The average molecular weight is 441 g/mol. The van der Waals surface area contributed by atoms with Crippen molar-refractivity contribution in [3.05, 3.63) is 64.4 Å². The van der Waals surface area contributed by atoms with Crippen LogP contribution in [0.4, 0.5) is 4.79 Å². The Labute approximate surface area is 184 Å². The van der Waals surface area contributed by atoms with E-state index in [9.17, 15) is 14.4 Å². The van der Waals surface area contributed by atoms with Gasteiger partial charge in [-0.15, -0.1) is 0 Å². The highest BCUT2D eigenvalue weighted by atomic mass is 32.2. The molecule has 2 aromatic carbocycles. The minimum Gasteiger partial charge on any atom is -0.497 e. The van der Waals surface area contributed by atoms with Crippen molar-refractivity contribution < 1.29 is 14.3 Å². The third-order valence-corrected chi connectivity index (χ3v) is 5.64. The highest BCUT2D eigenvalue weighted by Crippen LogP contribution is 2.24. The number of imide groups is 1. The van der Waals surface area contributed by atoms with E-state index in [0.717, 1.165) is 23.1 Å². The number of rotatable bonds is 7. The molecule has 8 nitrogen and oxygen atoms in total. The van der Waals surface area contributed by atoms with Crippen LogP contribution in [0.15, 0.2) is 58.5 Å². The lowest BCUT2D eigenvalue weighted by Crippen LogP contribution is -2.42. The van der Waals surface area contributed by atoms with Crippen molar-refractivity contribution in [2.45, 2.75) is 30.8 Å². The number of carbonyl (C=O) groups is 2. The molecule has 0 aliphatic rings. The number of methoxy groups -OCH3 is 1. The molecule has 1 aromatic heterocycles. The quantitative estimate of drug-likeness (QED) is 0.433. The molecule has 1 unspecified atom stereocenters. The van der Waals surface area contributed by atoms with Crippen LogP contribution < -0.4 is 20.9 Å². The molecule has 31 heavy (non-hydrogen) atoms. The predicted molar refractivity (Wildman–Crippen MR) is 121 cm³/mol. The lowest BCUT2D eigenvalue weighted by molar-refractivity contribution is -0.119. The standard InChI is InChI=1S/C22H24N4O4S/c1-4-23-21(29)25-19(27)14(2)31-22-24-18-8-6-5-7-17(18)20(28)26(22)13-15-9-11-16(30-3)12-10-15/h5-12,14H,4,13H2,1-3H3,(H2,23,25,27,29). The number of ether oxygens (including phenoxy) is 1. The monoisotopic (exact) mass is 440 g/mol. The Morgan fingerprint density at radius 2 is 1.87 bits per heavy atom. The number of thioether (sulfide) groups is 1. The molecule has 0 bridgehead atoms. The number of fused-ring (bicyclic) bond motifs is 1. The van der Waals surface area contributed by atoms with Crippen LogP contribution in [0.2, 0.25) is 0 Å². The number of hydrogen-bond donors (Lipinski definition) is 2. The molecule has 0 saturated carbocycles. The van der Waals surface area contributed by atoms with Gasteiger partial charge in [0.1, 0.15) is 5.75 Å². The third kappa shape index (κ3) is 5.43. The van der Waals surface area contributed by atoms with Crippen LogP contribution in [-0.4, -0.2) is 40.4 Å². The zero-order valence-electron chi connectivity index (χ0n) is 17.5. The van der Waals surface area contributed by atoms with Crippen LogP contribution in [0.3, 0.4) is 0 Å². The van der Waals surface area contributed by atoms with Gasteiger partial charge in [0.15, 0.2) is 5.16 Å². The van der Waals surface area contributed by atoms with E-state index in [1.807, 2.05) is 30.3 Å². The zero-order chi connectivity index (χ0) is 22.4. The van der Waals surface area contributed by atoms with Gasteiger partial charge in [-0.3, -0.25) is 19.5 Å². The van der Waals surface area contributed by atoms with E-state index in [4.69, 9.17) is 4.74 Å². The topological polar surface area (TPSA) is 102 Å². The Balaban J connectivity index is 1.94. The van der Waals surface area contributed by atoms with Gasteiger partial charge in [-0.1, -0.05) is 36.0 Å². The fourth-order valence-electron chi connectivity index (χ4n) is 2.92. The Bertz CT molecular complexity index is 1140. The van der Waals surface area contributed by atoms with Crippen molar-refractivity contribution in [3.63, 3.8) is 0 Å². The van der Waals surface area contributed by atoms with E-state index in [0.29, 0.717) is 22.6 Å². The first-order chi connectivity index (χ1) is 14.9. The SMILES string of the molecule is CCNC(=O)NC(=O)C(C)Sc1nc2ccccc2c(=O)n1Cc1ccc(OC)cc1. The number of benzene rings is 2. The molecule has 162 valence electrons. The fraction of sp³-hybridized carbons (Fsp3) is 0.273. The number of hydrogen-bond acceptors (Lipinski definition) is 6. The summed E-state index contributed by atoms with van der Waals surface area (Å²) in [7, 11) is 1.59. The van der Waals surface area contributed by atoms with Crippen LogP contribution in [0, 0.1) is 0 Å². The van der Waals surface area contributed by atoms with Crippen molar-refractivity contribution in [3.8, 4) is 5.75 Å². The largest absolute Gasteiger partial charge is 0.497 e. The molecule has 3 aromatic rings. The van der Waals surface area contributed by atoms with Gasteiger partial charge < -0.3 is 10.1 Å². The highest BCUT2D eigenvalue weighted by molar-refractivity contribution is 8.00. The summed E-state index contributed by atoms with van der Waals surface area (Å²) < 4.78 is 6.74. The minimum absolute atomic E-state index is 0.194. The van der Waals surface area contributed by atoms with Crippen LogP contribution in [0.5, 0.6) is 5.75 Å². The summed E-state index contributed by atoms with van der Waals surface area (Å²) in [4.78, 5) is 41.9. The summed E-state index contributed by atoms with van der Waals surface area (Å²) >= 11 is 1.13. The molecule has 0 aliphatic carbocycles. The lowest BCUT2D eigenvalue weighted by atomic mass is 10.2. The number of nitrogens with zero attached hydrogens (tertiary/aromatic N) is 2. The summed E-state index contributed by atoms with van der Waals surface area (Å²) in [5, 5.41) is 5.08. The molecule has 3 rings (SSSR count). The number of carbonyl (C=O) groups excluding carboxylic acids is 2. The normalized spacial score (nSPS) is 11.7. The van der Waals surface area contributed by atoms with Gasteiger partial charge in [-0.2, -0.15) is 0 Å². The van der Waals surface area contributed by atoms with E-state index in [1.165, 1.54) is 0 Å². The maximum absolute atomic E-state index is 13.2. The Morgan fingerprint density at radius 1 is 1.16 bits per heavy atom. The first kappa shape index (κ1) is 22.4. The minimum atomic E-state index is -0.641. The molecule has 3 amide bonds. The van der Waals surface area contributed by atoms with Gasteiger partial charge >= 0.3 is 6.03 Å². The van der Waals surface area contributed by atoms with Crippen molar-refractivity contribution in [2.24, 2.45) is 0 Å². The summed E-state index contributed by atoms with van der Waals surface area (Å²) in [6.45, 7) is 4.12. The number of para-hydroxylation sites is 1. The first-order valence-electron chi connectivity index (χ1n) is 9.80. The summed E-state index contributed by atoms with van der Waals surface area (Å²) in [6, 6.07) is 13.9. The molecule has 0 spiro atoms. The van der Waals surface area contributed by atoms with Crippen LogP contribution in [-0.2, 0) is 11.3 Å². The van der Waals surface area contributed by atoms with Crippen LogP contribution in [0.25, 0.3) is 10.9 Å². The molecular formula is C22H24N4O4S. The van der Waals surface area contributed by atoms with E-state index in [-0.39, 0.29) is 12.1 Å². The van der Waals surface area contributed by atoms with Crippen molar-refractivity contribution >= 4 is 34.6 Å². The third-order valence-electron chi connectivity index (χ3n) is 4.55. The highest BCUT2D eigenvalue weighted by Gasteiger charge is 2.21. The molecule has 2 N–H and O–H groups in total. The average Bonchev–Trinajstić information content (AvgIpc) is 2.77. The van der Waals surface area contributed by atoms with Gasteiger partial charge in [-0.05, 0) is 43.7 Å². The van der Waals surface area contributed by atoms with Gasteiger partial charge in [-0.25, -0.2) is 9.78 Å². The molecule has 0 fully saturated rings. The molecule has 0 radical (unpaired) electrons. The second-order valence-electron chi connectivity index (χ2n) is 6.76. The maximum Gasteiger partial charge on any atom is 0.321 e. The number of urea groups is 1. The molecule has 1 atom stereocenters. The molecule has 9 heteroatoms. The van der Waals surface area contributed by atoms with Crippen molar-refractivity contribution in [2.75, 3.05) is 13.7 Å². The molecule has 1 heterocycles. The summed E-state index contributed by atoms with van der Waals surface area (Å²) in [6.07, 6.45) is 0.